The lowest BCUT2D eigenvalue weighted by molar-refractivity contribution is 0.0585. The minimum Gasteiger partial charge on any atom is -0.335 e. The first-order chi connectivity index (χ1) is 8.24. The van der Waals surface area contributed by atoms with E-state index in [1.807, 2.05) is 11.4 Å². The largest absolute Gasteiger partial charge is 0.335 e. The fourth-order valence-corrected chi connectivity index (χ4v) is 3.70. The van der Waals surface area contributed by atoms with Gasteiger partial charge in [-0.25, -0.2) is 0 Å². The number of halogens is 2. The zero-order valence-corrected chi connectivity index (χ0v) is 13.5. The third kappa shape index (κ3) is 3.12. The van der Waals surface area contributed by atoms with Gasteiger partial charge in [0.15, 0.2) is 0 Å². The average molecular weight is 381 g/mol. The second-order valence-corrected chi connectivity index (χ2v) is 6.79. The molecular weight excluding hydrogens is 366 g/mol. The Bertz CT molecular complexity index is 390. The van der Waals surface area contributed by atoms with Crippen LogP contribution >= 0.6 is 43.2 Å². The van der Waals surface area contributed by atoms with Gasteiger partial charge < -0.3 is 4.90 Å². The van der Waals surface area contributed by atoms with Gasteiger partial charge in [0.1, 0.15) is 4.88 Å². The second-order valence-electron chi connectivity index (χ2n) is 4.22. The summed E-state index contributed by atoms with van der Waals surface area (Å²) in [6.45, 7) is 0.860. The Morgan fingerprint density at radius 2 is 2.29 bits per heavy atom. The molecule has 0 spiro atoms. The lowest BCUT2D eigenvalue weighted by Crippen LogP contribution is -2.44. The van der Waals surface area contributed by atoms with Gasteiger partial charge in [0.25, 0.3) is 5.91 Å². The lowest BCUT2D eigenvalue weighted by Gasteiger charge is -2.37. The van der Waals surface area contributed by atoms with Crippen molar-refractivity contribution in [1.82, 2.24) is 4.90 Å². The molecule has 1 saturated carbocycles. The highest BCUT2D eigenvalue weighted by Gasteiger charge is 2.30. The number of amides is 1. The molecule has 0 radical (unpaired) electrons. The van der Waals surface area contributed by atoms with Crippen LogP contribution in [0.15, 0.2) is 15.9 Å². The Morgan fingerprint density at radius 3 is 2.76 bits per heavy atom. The van der Waals surface area contributed by atoms with Crippen molar-refractivity contribution < 1.29 is 4.79 Å². The van der Waals surface area contributed by atoms with Crippen LogP contribution < -0.4 is 0 Å². The zero-order chi connectivity index (χ0) is 12.3. The van der Waals surface area contributed by atoms with Crippen LogP contribution in [0.4, 0.5) is 0 Å². The van der Waals surface area contributed by atoms with E-state index < -0.39 is 0 Å². The van der Waals surface area contributed by atoms with Crippen molar-refractivity contribution in [2.45, 2.75) is 31.7 Å². The minimum absolute atomic E-state index is 0.192. The predicted molar refractivity (Wildman–Crippen MR) is 79.1 cm³/mol. The summed E-state index contributed by atoms with van der Waals surface area (Å²) < 4.78 is 0.927. The number of rotatable bonds is 5. The average Bonchev–Trinajstić information content (AvgIpc) is 2.67. The van der Waals surface area contributed by atoms with Crippen molar-refractivity contribution in [2.75, 3.05) is 11.9 Å². The summed E-state index contributed by atoms with van der Waals surface area (Å²) in [6, 6.07) is 2.41. The summed E-state index contributed by atoms with van der Waals surface area (Å²) in [5.74, 6) is 0.192. The van der Waals surface area contributed by atoms with E-state index in [0.717, 1.165) is 40.5 Å². The molecule has 1 aromatic rings. The monoisotopic (exact) mass is 379 g/mol. The standard InChI is InChI=1S/C12H15Br2NOS/c13-6-2-7-15(9-3-1-4-9)12(16)11-10(14)5-8-17-11/h5,8-9H,1-4,6-7H2. The van der Waals surface area contributed by atoms with Gasteiger partial charge in [-0.2, -0.15) is 0 Å². The van der Waals surface area contributed by atoms with Gasteiger partial charge in [-0.3, -0.25) is 4.79 Å². The fraction of sp³-hybridized carbons (Fsp3) is 0.583. The van der Waals surface area contributed by atoms with Crippen LogP contribution in [0.2, 0.25) is 0 Å². The van der Waals surface area contributed by atoms with Gasteiger partial charge >= 0.3 is 0 Å². The van der Waals surface area contributed by atoms with E-state index in [-0.39, 0.29) is 5.91 Å². The van der Waals surface area contributed by atoms with Gasteiger partial charge in [0.05, 0.1) is 0 Å². The van der Waals surface area contributed by atoms with E-state index in [9.17, 15) is 4.79 Å². The van der Waals surface area contributed by atoms with Crippen LogP contribution in [0.3, 0.4) is 0 Å². The lowest BCUT2D eigenvalue weighted by atomic mass is 9.91. The molecule has 0 aromatic carbocycles. The Hall–Kier alpha value is 0.130. The number of hydrogen-bond donors (Lipinski definition) is 0. The number of nitrogens with zero attached hydrogens (tertiary/aromatic N) is 1. The van der Waals surface area contributed by atoms with Gasteiger partial charge in [-0.15, -0.1) is 11.3 Å². The molecule has 5 heteroatoms. The van der Waals surface area contributed by atoms with Crippen LogP contribution in [0.25, 0.3) is 0 Å². The molecule has 17 heavy (non-hydrogen) atoms. The molecule has 1 aliphatic carbocycles. The molecule has 1 amide bonds. The molecular formula is C12H15Br2NOS. The molecule has 0 bridgehead atoms. The molecule has 0 atom stereocenters. The van der Waals surface area contributed by atoms with Gasteiger partial charge in [0, 0.05) is 22.4 Å². The van der Waals surface area contributed by atoms with Crippen molar-refractivity contribution >= 4 is 49.1 Å². The summed E-state index contributed by atoms with van der Waals surface area (Å²) in [5.41, 5.74) is 0. The Balaban J connectivity index is 2.09. The molecule has 94 valence electrons. The first-order valence-corrected chi connectivity index (χ1v) is 8.63. The highest BCUT2D eigenvalue weighted by molar-refractivity contribution is 9.10. The van der Waals surface area contributed by atoms with Gasteiger partial charge in [-0.05, 0) is 53.1 Å². The summed E-state index contributed by atoms with van der Waals surface area (Å²) in [7, 11) is 0. The Kier molecular flexibility index (Phi) is 5.06. The van der Waals surface area contributed by atoms with E-state index in [1.165, 1.54) is 17.8 Å². The third-order valence-electron chi connectivity index (χ3n) is 3.12. The smallest absolute Gasteiger partial charge is 0.265 e. The number of thiophene rings is 1. The summed E-state index contributed by atoms with van der Waals surface area (Å²) in [5, 5.41) is 2.91. The Morgan fingerprint density at radius 1 is 1.53 bits per heavy atom. The number of alkyl halides is 1. The van der Waals surface area contributed by atoms with E-state index in [4.69, 9.17) is 0 Å². The molecule has 0 N–H and O–H groups in total. The molecule has 1 aromatic heterocycles. The number of hydrogen-bond acceptors (Lipinski definition) is 2. The fourth-order valence-electron chi connectivity index (χ4n) is 1.96. The first-order valence-electron chi connectivity index (χ1n) is 5.84. The minimum atomic E-state index is 0.192. The molecule has 0 unspecified atom stereocenters. The molecule has 2 rings (SSSR count). The van der Waals surface area contributed by atoms with Crippen LogP contribution in [0.1, 0.15) is 35.4 Å². The second kappa shape index (κ2) is 6.34. The van der Waals surface area contributed by atoms with E-state index >= 15 is 0 Å². The highest BCUT2D eigenvalue weighted by atomic mass is 79.9. The maximum atomic E-state index is 12.5. The Labute approximate surface area is 123 Å². The van der Waals surface area contributed by atoms with Crippen LogP contribution in [0, 0.1) is 0 Å². The van der Waals surface area contributed by atoms with Gasteiger partial charge in [0.2, 0.25) is 0 Å². The highest BCUT2D eigenvalue weighted by Crippen LogP contribution is 2.30. The molecule has 1 aliphatic rings. The summed E-state index contributed by atoms with van der Waals surface area (Å²) >= 11 is 8.40. The van der Waals surface area contributed by atoms with E-state index in [1.54, 1.807) is 0 Å². The molecule has 2 nitrogen and oxygen atoms in total. The first kappa shape index (κ1) is 13.6. The maximum absolute atomic E-state index is 12.5. The van der Waals surface area contributed by atoms with Crippen LogP contribution in [-0.2, 0) is 0 Å². The SMILES string of the molecule is O=C(c1sccc1Br)N(CCCBr)C1CCC1. The van der Waals surface area contributed by atoms with Crippen molar-refractivity contribution in [3.05, 3.63) is 20.8 Å². The summed E-state index contributed by atoms with van der Waals surface area (Å²) in [4.78, 5) is 15.4. The zero-order valence-electron chi connectivity index (χ0n) is 9.49. The molecule has 0 aliphatic heterocycles. The van der Waals surface area contributed by atoms with Crippen molar-refractivity contribution in [2.24, 2.45) is 0 Å². The van der Waals surface area contributed by atoms with Crippen LogP contribution in [0.5, 0.6) is 0 Å². The van der Waals surface area contributed by atoms with Crippen molar-refractivity contribution in [3.63, 3.8) is 0 Å². The quantitative estimate of drug-likeness (QED) is 0.697. The van der Waals surface area contributed by atoms with Crippen molar-refractivity contribution in [1.29, 1.82) is 0 Å². The molecule has 1 heterocycles. The maximum Gasteiger partial charge on any atom is 0.265 e. The van der Waals surface area contributed by atoms with Crippen LogP contribution in [-0.4, -0.2) is 28.7 Å². The summed E-state index contributed by atoms with van der Waals surface area (Å²) in [6.07, 6.45) is 4.60. The number of carbonyl (C=O) groups is 1. The predicted octanol–water partition coefficient (Wildman–Crippen LogP) is 4.29. The van der Waals surface area contributed by atoms with Gasteiger partial charge in [-0.1, -0.05) is 15.9 Å². The molecule has 1 fully saturated rings. The number of carbonyl (C=O) groups excluding carboxylic acids is 1. The topological polar surface area (TPSA) is 20.3 Å². The molecule has 0 saturated heterocycles. The van der Waals surface area contributed by atoms with E-state index in [0.29, 0.717) is 6.04 Å². The normalized spacial score (nSPS) is 15.6. The third-order valence-corrected chi connectivity index (χ3v) is 5.51. The van der Waals surface area contributed by atoms with Crippen molar-refractivity contribution in [3.8, 4) is 0 Å². The van der Waals surface area contributed by atoms with E-state index in [2.05, 4.69) is 36.8 Å².